The summed E-state index contributed by atoms with van der Waals surface area (Å²) in [5, 5.41) is 23.9. The molecule has 0 spiro atoms. The summed E-state index contributed by atoms with van der Waals surface area (Å²) in [7, 11) is 0. The minimum atomic E-state index is -1.30. The van der Waals surface area contributed by atoms with Gasteiger partial charge in [-0.1, -0.05) is 0 Å². The number of non-ortho nitro benzene ring substituents is 1. The molecule has 0 amide bonds. The second kappa shape index (κ2) is 5.61. The van der Waals surface area contributed by atoms with Gasteiger partial charge >= 0.3 is 5.97 Å². The van der Waals surface area contributed by atoms with Crippen LogP contribution in [0.5, 0.6) is 11.5 Å². The number of hydrogen-bond acceptors (Lipinski definition) is 5. The molecule has 0 saturated heterocycles. The van der Waals surface area contributed by atoms with Gasteiger partial charge < -0.3 is 9.84 Å². The van der Waals surface area contributed by atoms with Gasteiger partial charge in [0.1, 0.15) is 11.3 Å². The van der Waals surface area contributed by atoms with Crippen LogP contribution in [0.25, 0.3) is 0 Å². The van der Waals surface area contributed by atoms with E-state index < -0.39 is 10.9 Å². The smallest absolute Gasteiger partial charge is 0.339 e. The molecule has 0 aliphatic carbocycles. The van der Waals surface area contributed by atoms with Crippen molar-refractivity contribution in [3.63, 3.8) is 0 Å². The van der Waals surface area contributed by atoms with Gasteiger partial charge in [0.05, 0.1) is 17.3 Å². The van der Waals surface area contributed by atoms with Crippen LogP contribution in [0.1, 0.15) is 30.2 Å². The number of hydrogen-bond donors (Lipinski definition) is 1. The number of nitrogens with zero attached hydrogens (tertiary/aromatic N) is 3. The molecule has 0 aliphatic rings. The van der Waals surface area contributed by atoms with Crippen molar-refractivity contribution in [2.45, 2.75) is 19.9 Å². The molecule has 2 aromatic rings. The van der Waals surface area contributed by atoms with E-state index in [4.69, 9.17) is 9.84 Å². The average molecular weight is 291 g/mol. The summed E-state index contributed by atoms with van der Waals surface area (Å²) in [6.07, 6.45) is 3.07. The van der Waals surface area contributed by atoms with E-state index in [2.05, 4.69) is 5.10 Å². The lowest BCUT2D eigenvalue weighted by molar-refractivity contribution is -0.384. The maximum atomic E-state index is 11.2. The van der Waals surface area contributed by atoms with E-state index >= 15 is 0 Å². The molecule has 0 fully saturated rings. The second-order valence-electron chi connectivity index (χ2n) is 4.59. The largest absolute Gasteiger partial charge is 0.478 e. The topological polar surface area (TPSA) is 107 Å². The van der Waals surface area contributed by atoms with Crippen molar-refractivity contribution in [1.29, 1.82) is 0 Å². The van der Waals surface area contributed by atoms with Gasteiger partial charge in [0.25, 0.3) is 5.69 Å². The number of nitro groups is 1. The standard InChI is InChI=1S/C13H13N3O5/c1-8(2)15-7-10(6-14-15)21-12-4-3-9(16(19)20)5-11(12)13(17)18/h3-8H,1-2H3,(H,17,18). The van der Waals surface area contributed by atoms with Crippen molar-refractivity contribution in [2.24, 2.45) is 0 Å². The highest BCUT2D eigenvalue weighted by Gasteiger charge is 2.18. The Hall–Kier alpha value is -2.90. The van der Waals surface area contributed by atoms with Gasteiger partial charge in [-0.2, -0.15) is 5.10 Å². The van der Waals surface area contributed by atoms with Crippen LogP contribution in [0.4, 0.5) is 5.69 Å². The predicted octanol–water partition coefficient (Wildman–Crippen LogP) is 2.86. The maximum absolute atomic E-state index is 11.2. The van der Waals surface area contributed by atoms with E-state index in [1.54, 1.807) is 10.9 Å². The molecule has 21 heavy (non-hydrogen) atoms. The van der Waals surface area contributed by atoms with E-state index in [9.17, 15) is 14.9 Å². The summed E-state index contributed by atoms with van der Waals surface area (Å²) in [6, 6.07) is 3.55. The van der Waals surface area contributed by atoms with Gasteiger partial charge in [-0.25, -0.2) is 4.79 Å². The molecular weight excluding hydrogens is 278 g/mol. The maximum Gasteiger partial charge on any atom is 0.339 e. The quantitative estimate of drug-likeness (QED) is 0.670. The number of carbonyl (C=O) groups is 1. The van der Waals surface area contributed by atoms with E-state index in [0.717, 1.165) is 6.07 Å². The third-order valence-electron chi connectivity index (χ3n) is 2.74. The van der Waals surface area contributed by atoms with Gasteiger partial charge in [-0.05, 0) is 19.9 Å². The molecule has 0 aliphatic heterocycles. The molecule has 0 radical (unpaired) electrons. The number of aromatic carboxylic acids is 1. The zero-order chi connectivity index (χ0) is 15.6. The van der Waals surface area contributed by atoms with Crippen LogP contribution >= 0.6 is 0 Å². The Labute approximate surface area is 119 Å². The molecule has 1 aromatic carbocycles. The fraction of sp³-hybridized carbons (Fsp3) is 0.231. The molecule has 1 heterocycles. The van der Waals surface area contributed by atoms with E-state index in [-0.39, 0.29) is 23.0 Å². The monoisotopic (exact) mass is 291 g/mol. The molecule has 0 atom stereocenters. The summed E-state index contributed by atoms with van der Waals surface area (Å²) in [5.74, 6) is -0.915. The normalized spacial score (nSPS) is 10.6. The first kappa shape index (κ1) is 14.5. The number of ether oxygens (including phenoxy) is 1. The summed E-state index contributed by atoms with van der Waals surface area (Å²) in [4.78, 5) is 21.2. The van der Waals surface area contributed by atoms with Gasteiger partial charge in [0.2, 0.25) is 0 Å². The predicted molar refractivity (Wildman–Crippen MR) is 72.7 cm³/mol. The Morgan fingerprint density at radius 2 is 2.19 bits per heavy atom. The number of carboxylic acid groups (broad SMARTS) is 1. The second-order valence-corrected chi connectivity index (χ2v) is 4.59. The Kier molecular flexibility index (Phi) is 3.88. The molecule has 1 aromatic heterocycles. The Morgan fingerprint density at radius 1 is 1.48 bits per heavy atom. The fourth-order valence-electron chi connectivity index (χ4n) is 1.67. The lowest BCUT2D eigenvalue weighted by Gasteiger charge is -2.07. The van der Waals surface area contributed by atoms with Crippen LogP contribution < -0.4 is 4.74 Å². The van der Waals surface area contributed by atoms with Crippen LogP contribution in [0.2, 0.25) is 0 Å². The summed E-state index contributed by atoms with van der Waals surface area (Å²) < 4.78 is 7.10. The molecule has 2 rings (SSSR count). The number of benzene rings is 1. The summed E-state index contributed by atoms with van der Waals surface area (Å²) in [5.41, 5.74) is -0.584. The molecule has 0 unspecified atom stereocenters. The highest BCUT2D eigenvalue weighted by molar-refractivity contribution is 5.91. The van der Waals surface area contributed by atoms with Gasteiger partial charge in [0, 0.05) is 18.2 Å². The zero-order valence-corrected chi connectivity index (χ0v) is 11.4. The van der Waals surface area contributed by atoms with E-state index in [1.807, 2.05) is 13.8 Å². The third-order valence-corrected chi connectivity index (χ3v) is 2.74. The summed E-state index contributed by atoms with van der Waals surface area (Å²) in [6.45, 7) is 3.87. The van der Waals surface area contributed by atoms with Crippen molar-refractivity contribution in [3.05, 3.63) is 46.3 Å². The first-order valence-corrected chi connectivity index (χ1v) is 6.12. The molecule has 110 valence electrons. The molecule has 0 saturated carbocycles. The van der Waals surface area contributed by atoms with Gasteiger partial charge in [-0.15, -0.1) is 0 Å². The first-order chi connectivity index (χ1) is 9.88. The zero-order valence-electron chi connectivity index (χ0n) is 11.4. The minimum Gasteiger partial charge on any atom is -0.478 e. The van der Waals surface area contributed by atoms with Crippen LogP contribution in [-0.2, 0) is 0 Å². The molecule has 1 N–H and O–H groups in total. The average Bonchev–Trinajstić information content (AvgIpc) is 2.87. The van der Waals surface area contributed by atoms with Gasteiger partial charge in [-0.3, -0.25) is 14.8 Å². The number of nitro benzene ring substituents is 1. The number of aromatic nitrogens is 2. The number of rotatable bonds is 5. The van der Waals surface area contributed by atoms with Crippen LogP contribution in [0.3, 0.4) is 0 Å². The van der Waals surface area contributed by atoms with Crippen molar-refractivity contribution >= 4 is 11.7 Å². The van der Waals surface area contributed by atoms with Gasteiger partial charge in [0.15, 0.2) is 5.75 Å². The Bertz CT molecular complexity index is 693. The number of carboxylic acids is 1. The first-order valence-electron chi connectivity index (χ1n) is 6.12. The molecule has 8 nitrogen and oxygen atoms in total. The van der Waals surface area contributed by atoms with Crippen LogP contribution in [0, 0.1) is 10.1 Å². The van der Waals surface area contributed by atoms with Crippen LogP contribution in [-0.4, -0.2) is 25.8 Å². The molecular formula is C13H13N3O5. The van der Waals surface area contributed by atoms with Crippen molar-refractivity contribution < 1.29 is 19.6 Å². The Morgan fingerprint density at radius 3 is 2.71 bits per heavy atom. The minimum absolute atomic E-state index is 0.0245. The van der Waals surface area contributed by atoms with Crippen molar-refractivity contribution in [2.75, 3.05) is 0 Å². The van der Waals surface area contributed by atoms with E-state index in [1.165, 1.54) is 18.3 Å². The lowest BCUT2D eigenvalue weighted by atomic mass is 10.2. The molecule has 8 heteroatoms. The Balaban J connectivity index is 2.34. The summed E-state index contributed by atoms with van der Waals surface area (Å²) >= 11 is 0. The van der Waals surface area contributed by atoms with E-state index in [0.29, 0.717) is 5.75 Å². The van der Waals surface area contributed by atoms with Crippen molar-refractivity contribution in [3.8, 4) is 11.5 Å². The fourth-order valence-corrected chi connectivity index (χ4v) is 1.67. The highest BCUT2D eigenvalue weighted by atomic mass is 16.6. The van der Waals surface area contributed by atoms with Crippen LogP contribution in [0.15, 0.2) is 30.6 Å². The molecule has 0 bridgehead atoms. The lowest BCUT2D eigenvalue weighted by Crippen LogP contribution is -2.02. The highest BCUT2D eigenvalue weighted by Crippen LogP contribution is 2.29. The SMILES string of the molecule is CC(C)n1cc(Oc2ccc([N+](=O)[O-])cc2C(=O)O)cn1. The third kappa shape index (κ3) is 3.16. The van der Waals surface area contributed by atoms with Crippen molar-refractivity contribution in [1.82, 2.24) is 9.78 Å².